The van der Waals surface area contributed by atoms with E-state index >= 15 is 0 Å². The smallest absolute Gasteiger partial charge is 0.254 e. The Hall–Kier alpha value is -2.52. The van der Waals surface area contributed by atoms with Crippen LogP contribution in [0, 0.1) is 5.82 Å². The molecule has 32 heavy (non-hydrogen) atoms. The molecule has 8 heteroatoms. The van der Waals surface area contributed by atoms with Gasteiger partial charge in [0.25, 0.3) is 5.91 Å². The molecule has 0 spiro atoms. The SMILES string of the molecule is COCCN(C[C@@H]1CN(C[C@H](O)COc2ccccc2)CCO1)C(=O)c1ccc(F)cc1. The number of carbonyl (C=O) groups excluding carboxylic acids is 1. The molecular formula is C24H31FN2O5. The Morgan fingerprint density at radius 2 is 2.00 bits per heavy atom. The molecule has 0 saturated carbocycles. The van der Waals surface area contributed by atoms with Crippen LogP contribution >= 0.6 is 0 Å². The number of hydrogen-bond acceptors (Lipinski definition) is 6. The Kier molecular flexibility index (Phi) is 9.43. The summed E-state index contributed by atoms with van der Waals surface area (Å²) in [6.45, 7) is 3.63. The Labute approximate surface area is 188 Å². The number of rotatable bonds is 11. The van der Waals surface area contributed by atoms with Crippen LogP contribution in [0.3, 0.4) is 0 Å². The molecular weight excluding hydrogens is 415 g/mol. The molecule has 174 valence electrons. The molecule has 0 bridgehead atoms. The minimum Gasteiger partial charge on any atom is -0.491 e. The zero-order valence-corrected chi connectivity index (χ0v) is 18.4. The molecule has 1 heterocycles. The molecule has 1 aliphatic heterocycles. The van der Waals surface area contributed by atoms with Gasteiger partial charge in [-0.15, -0.1) is 0 Å². The summed E-state index contributed by atoms with van der Waals surface area (Å²) < 4.78 is 29.9. The van der Waals surface area contributed by atoms with Crippen molar-refractivity contribution < 1.29 is 28.5 Å². The Bertz CT molecular complexity index is 821. The second kappa shape index (κ2) is 12.5. The highest BCUT2D eigenvalue weighted by molar-refractivity contribution is 5.94. The maximum absolute atomic E-state index is 13.2. The van der Waals surface area contributed by atoms with Crippen LogP contribution in [0.4, 0.5) is 4.39 Å². The van der Waals surface area contributed by atoms with E-state index < -0.39 is 6.10 Å². The lowest BCUT2D eigenvalue weighted by Crippen LogP contribution is -2.51. The average molecular weight is 447 g/mol. The third-order valence-corrected chi connectivity index (χ3v) is 5.25. The molecule has 0 aromatic heterocycles. The highest BCUT2D eigenvalue weighted by Gasteiger charge is 2.26. The molecule has 0 aliphatic carbocycles. The first-order chi connectivity index (χ1) is 15.5. The monoisotopic (exact) mass is 446 g/mol. The van der Waals surface area contributed by atoms with Crippen molar-refractivity contribution in [1.82, 2.24) is 9.80 Å². The van der Waals surface area contributed by atoms with E-state index in [9.17, 15) is 14.3 Å². The summed E-state index contributed by atoms with van der Waals surface area (Å²) in [5, 5.41) is 10.4. The van der Waals surface area contributed by atoms with Crippen LogP contribution < -0.4 is 4.74 Å². The molecule has 7 nitrogen and oxygen atoms in total. The molecule has 2 aromatic carbocycles. The molecule has 0 radical (unpaired) electrons. The molecule has 2 atom stereocenters. The topological polar surface area (TPSA) is 71.5 Å². The van der Waals surface area contributed by atoms with Gasteiger partial charge in [0, 0.05) is 45.4 Å². The van der Waals surface area contributed by atoms with Gasteiger partial charge >= 0.3 is 0 Å². The molecule has 3 rings (SSSR count). The molecule has 1 N–H and O–H groups in total. The molecule has 1 amide bonds. The zero-order valence-electron chi connectivity index (χ0n) is 18.4. The van der Waals surface area contributed by atoms with Crippen molar-refractivity contribution in [2.45, 2.75) is 12.2 Å². The first kappa shape index (κ1) is 24.1. The Morgan fingerprint density at radius 3 is 2.72 bits per heavy atom. The number of β-amino-alcohol motifs (C(OH)–C–C–N with tert-alkyl or cyclic N) is 1. The number of morpholine rings is 1. The van der Waals surface area contributed by atoms with Crippen LogP contribution in [-0.2, 0) is 9.47 Å². The maximum Gasteiger partial charge on any atom is 0.254 e. The number of ether oxygens (including phenoxy) is 3. The van der Waals surface area contributed by atoms with Crippen molar-refractivity contribution in [3.05, 3.63) is 66.0 Å². The van der Waals surface area contributed by atoms with Crippen LogP contribution in [0.5, 0.6) is 5.75 Å². The van der Waals surface area contributed by atoms with Gasteiger partial charge in [-0.05, 0) is 36.4 Å². The molecule has 1 aliphatic rings. The fourth-order valence-corrected chi connectivity index (χ4v) is 3.61. The van der Waals surface area contributed by atoms with Gasteiger partial charge in [-0.2, -0.15) is 0 Å². The summed E-state index contributed by atoms with van der Waals surface area (Å²) >= 11 is 0. The summed E-state index contributed by atoms with van der Waals surface area (Å²) in [5.41, 5.74) is 0.420. The fraction of sp³-hybridized carbons (Fsp3) is 0.458. The largest absolute Gasteiger partial charge is 0.491 e. The van der Waals surface area contributed by atoms with E-state index in [1.807, 2.05) is 30.3 Å². The predicted molar refractivity (Wildman–Crippen MR) is 118 cm³/mol. The number of hydrogen-bond donors (Lipinski definition) is 1. The van der Waals surface area contributed by atoms with E-state index in [1.54, 1.807) is 12.0 Å². The number of carbonyl (C=O) groups is 1. The van der Waals surface area contributed by atoms with Crippen molar-refractivity contribution in [2.24, 2.45) is 0 Å². The number of amides is 1. The third-order valence-electron chi connectivity index (χ3n) is 5.25. The van der Waals surface area contributed by atoms with Crippen LogP contribution in [0.15, 0.2) is 54.6 Å². The normalized spacial score (nSPS) is 17.7. The van der Waals surface area contributed by atoms with Gasteiger partial charge in [0.05, 0.1) is 19.3 Å². The molecule has 2 aromatic rings. The lowest BCUT2D eigenvalue weighted by molar-refractivity contribution is -0.0546. The summed E-state index contributed by atoms with van der Waals surface area (Å²) in [7, 11) is 1.58. The van der Waals surface area contributed by atoms with Crippen LogP contribution in [0.1, 0.15) is 10.4 Å². The lowest BCUT2D eigenvalue weighted by atomic mass is 10.1. The van der Waals surface area contributed by atoms with Crippen LogP contribution in [0.25, 0.3) is 0 Å². The number of aliphatic hydroxyl groups is 1. The van der Waals surface area contributed by atoms with Gasteiger partial charge in [-0.25, -0.2) is 4.39 Å². The maximum atomic E-state index is 13.2. The predicted octanol–water partition coefficient (Wildman–Crippen LogP) is 2.06. The van der Waals surface area contributed by atoms with Crippen LogP contribution in [-0.4, -0.2) is 92.7 Å². The van der Waals surface area contributed by atoms with E-state index in [2.05, 4.69) is 4.90 Å². The fourth-order valence-electron chi connectivity index (χ4n) is 3.61. The molecule has 0 unspecified atom stereocenters. The second-order valence-corrected chi connectivity index (χ2v) is 7.78. The van der Waals surface area contributed by atoms with Gasteiger partial charge < -0.3 is 24.2 Å². The van der Waals surface area contributed by atoms with Crippen molar-refractivity contribution in [1.29, 1.82) is 0 Å². The Morgan fingerprint density at radius 1 is 1.25 bits per heavy atom. The van der Waals surface area contributed by atoms with E-state index in [4.69, 9.17) is 14.2 Å². The zero-order chi connectivity index (χ0) is 22.8. The minimum absolute atomic E-state index is 0.195. The number of aliphatic hydroxyl groups excluding tert-OH is 1. The summed E-state index contributed by atoms with van der Waals surface area (Å²) in [5.74, 6) is 0.143. The minimum atomic E-state index is -0.639. The number of para-hydroxylation sites is 1. The van der Waals surface area contributed by atoms with Gasteiger partial charge in [0.2, 0.25) is 0 Å². The second-order valence-electron chi connectivity index (χ2n) is 7.78. The van der Waals surface area contributed by atoms with E-state index in [0.29, 0.717) is 51.5 Å². The first-order valence-corrected chi connectivity index (χ1v) is 10.8. The van der Waals surface area contributed by atoms with Crippen LogP contribution in [0.2, 0.25) is 0 Å². The summed E-state index contributed by atoms with van der Waals surface area (Å²) in [6, 6.07) is 14.9. The first-order valence-electron chi connectivity index (χ1n) is 10.8. The molecule has 1 fully saturated rings. The number of nitrogens with zero attached hydrogens (tertiary/aromatic N) is 2. The highest BCUT2D eigenvalue weighted by atomic mass is 19.1. The standard InChI is InChI=1S/C24H31FN2O5/c1-30-13-12-27(24(29)19-7-9-20(25)10-8-19)17-23-16-26(11-14-31-23)15-21(28)18-32-22-5-3-2-4-6-22/h2-10,21,23,28H,11-18H2,1H3/t21-,23-/m0/s1. The van der Waals surface area contributed by atoms with Gasteiger partial charge in [-0.3, -0.25) is 9.69 Å². The van der Waals surface area contributed by atoms with Crippen molar-refractivity contribution in [3.8, 4) is 5.75 Å². The van der Waals surface area contributed by atoms with Crippen molar-refractivity contribution >= 4 is 5.91 Å². The van der Waals surface area contributed by atoms with Crippen molar-refractivity contribution in [2.75, 3.05) is 59.7 Å². The lowest BCUT2D eigenvalue weighted by Gasteiger charge is -2.36. The third kappa shape index (κ3) is 7.56. The average Bonchev–Trinajstić information content (AvgIpc) is 2.81. The highest BCUT2D eigenvalue weighted by Crippen LogP contribution is 2.13. The van der Waals surface area contributed by atoms with E-state index in [-0.39, 0.29) is 24.4 Å². The van der Waals surface area contributed by atoms with E-state index in [0.717, 1.165) is 5.75 Å². The van der Waals surface area contributed by atoms with Gasteiger partial charge in [0.15, 0.2) is 0 Å². The van der Waals surface area contributed by atoms with Crippen molar-refractivity contribution in [3.63, 3.8) is 0 Å². The Balaban J connectivity index is 1.52. The number of halogens is 1. The number of benzene rings is 2. The quantitative estimate of drug-likeness (QED) is 0.570. The van der Waals surface area contributed by atoms with Gasteiger partial charge in [0.1, 0.15) is 24.3 Å². The summed E-state index contributed by atoms with van der Waals surface area (Å²) in [6.07, 6.45) is -0.841. The summed E-state index contributed by atoms with van der Waals surface area (Å²) in [4.78, 5) is 16.7. The van der Waals surface area contributed by atoms with E-state index in [1.165, 1.54) is 24.3 Å². The van der Waals surface area contributed by atoms with Gasteiger partial charge in [-0.1, -0.05) is 18.2 Å². The number of methoxy groups -OCH3 is 1. The molecule has 1 saturated heterocycles.